The molecular formula is C15H17NO2. The summed E-state index contributed by atoms with van der Waals surface area (Å²) < 4.78 is 5.86. The Balaban J connectivity index is 1.73. The number of carbonyl (C=O) groups excluding carboxylic acids is 1. The van der Waals surface area contributed by atoms with E-state index in [-0.39, 0.29) is 24.0 Å². The standard InChI is InChI=1S/C15H17NO2/c17-14-12(9-5-1-2-6-9)13-10-7-3-4-8-11(10)18-15(13)16-14/h3-4,7-9,12-13,15H,1-2,5-6H2,(H,16,17). The molecule has 94 valence electrons. The van der Waals surface area contributed by atoms with Crippen LogP contribution < -0.4 is 10.1 Å². The summed E-state index contributed by atoms with van der Waals surface area (Å²) in [4.78, 5) is 12.2. The van der Waals surface area contributed by atoms with Crippen molar-refractivity contribution < 1.29 is 9.53 Å². The second-order valence-electron chi connectivity index (χ2n) is 5.68. The van der Waals surface area contributed by atoms with Gasteiger partial charge in [0.2, 0.25) is 5.91 Å². The van der Waals surface area contributed by atoms with Crippen molar-refractivity contribution >= 4 is 5.91 Å². The lowest BCUT2D eigenvalue weighted by molar-refractivity contribution is -0.124. The van der Waals surface area contributed by atoms with Crippen LogP contribution in [0.4, 0.5) is 0 Å². The number of amides is 1. The van der Waals surface area contributed by atoms with Gasteiger partial charge in [-0.2, -0.15) is 0 Å². The lowest BCUT2D eigenvalue weighted by Crippen LogP contribution is -2.30. The Hall–Kier alpha value is -1.51. The van der Waals surface area contributed by atoms with E-state index in [1.807, 2.05) is 18.2 Å². The smallest absolute Gasteiger partial charge is 0.227 e. The van der Waals surface area contributed by atoms with Crippen molar-refractivity contribution in [3.63, 3.8) is 0 Å². The van der Waals surface area contributed by atoms with E-state index in [1.165, 1.54) is 31.2 Å². The first-order valence-electron chi connectivity index (χ1n) is 6.90. The fourth-order valence-corrected chi connectivity index (χ4v) is 3.96. The third kappa shape index (κ3) is 1.33. The van der Waals surface area contributed by atoms with Gasteiger partial charge in [-0.25, -0.2) is 0 Å². The van der Waals surface area contributed by atoms with Gasteiger partial charge < -0.3 is 10.1 Å². The van der Waals surface area contributed by atoms with Crippen molar-refractivity contribution in [1.82, 2.24) is 5.32 Å². The molecule has 0 aromatic heterocycles. The molecular weight excluding hydrogens is 226 g/mol. The van der Waals surface area contributed by atoms with Crippen molar-refractivity contribution in [3.8, 4) is 5.75 Å². The first kappa shape index (κ1) is 10.4. The van der Waals surface area contributed by atoms with Crippen LogP contribution in [0.15, 0.2) is 24.3 Å². The highest BCUT2D eigenvalue weighted by atomic mass is 16.5. The molecule has 18 heavy (non-hydrogen) atoms. The second-order valence-corrected chi connectivity index (χ2v) is 5.68. The van der Waals surface area contributed by atoms with Crippen molar-refractivity contribution in [3.05, 3.63) is 29.8 Å². The molecule has 1 saturated heterocycles. The van der Waals surface area contributed by atoms with Gasteiger partial charge >= 0.3 is 0 Å². The summed E-state index contributed by atoms with van der Waals surface area (Å²) in [6.45, 7) is 0. The summed E-state index contributed by atoms with van der Waals surface area (Å²) in [5.74, 6) is 2.06. The summed E-state index contributed by atoms with van der Waals surface area (Å²) in [5.41, 5.74) is 1.22. The van der Waals surface area contributed by atoms with E-state index in [4.69, 9.17) is 4.74 Å². The molecule has 2 heterocycles. The molecule has 1 aliphatic carbocycles. The second kappa shape index (κ2) is 3.74. The van der Waals surface area contributed by atoms with Crippen LogP contribution in [0.5, 0.6) is 5.75 Å². The molecule has 1 aromatic rings. The van der Waals surface area contributed by atoms with Crippen molar-refractivity contribution in [1.29, 1.82) is 0 Å². The maximum Gasteiger partial charge on any atom is 0.227 e. The summed E-state index contributed by atoms with van der Waals surface area (Å²) in [6, 6.07) is 8.15. The third-order valence-corrected chi connectivity index (χ3v) is 4.74. The van der Waals surface area contributed by atoms with Crippen LogP contribution >= 0.6 is 0 Å². The summed E-state index contributed by atoms with van der Waals surface area (Å²) in [6.07, 6.45) is 4.82. The van der Waals surface area contributed by atoms with E-state index in [0.717, 1.165) is 5.75 Å². The number of fused-ring (bicyclic) bond motifs is 3. The Kier molecular flexibility index (Phi) is 2.16. The minimum Gasteiger partial charge on any atom is -0.470 e. The molecule has 3 heteroatoms. The fourth-order valence-electron chi connectivity index (χ4n) is 3.96. The fraction of sp³-hybridized carbons (Fsp3) is 0.533. The maximum absolute atomic E-state index is 12.2. The zero-order valence-electron chi connectivity index (χ0n) is 10.3. The van der Waals surface area contributed by atoms with E-state index >= 15 is 0 Å². The van der Waals surface area contributed by atoms with Crippen molar-refractivity contribution in [2.24, 2.45) is 11.8 Å². The summed E-state index contributed by atoms with van der Waals surface area (Å²) in [5, 5.41) is 3.03. The van der Waals surface area contributed by atoms with E-state index < -0.39 is 0 Å². The van der Waals surface area contributed by atoms with Crippen LogP contribution in [0.1, 0.15) is 37.2 Å². The topological polar surface area (TPSA) is 38.3 Å². The number of nitrogens with one attached hydrogen (secondary N) is 1. The Labute approximate surface area is 107 Å². The lowest BCUT2D eigenvalue weighted by atomic mass is 9.79. The Morgan fingerprint density at radius 1 is 1.11 bits per heavy atom. The van der Waals surface area contributed by atoms with Gasteiger partial charge in [-0.1, -0.05) is 31.0 Å². The average Bonchev–Trinajstić information content (AvgIpc) is 3.03. The molecule has 1 aromatic carbocycles. The van der Waals surface area contributed by atoms with E-state index in [2.05, 4.69) is 11.4 Å². The highest BCUT2D eigenvalue weighted by Gasteiger charge is 2.52. The third-order valence-electron chi connectivity index (χ3n) is 4.74. The predicted molar refractivity (Wildman–Crippen MR) is 67.2 cm³/mol. The Morgan fingerprint density at radius 2 is 1.89 bits per heavy atom. The van der Waals surface area contributed by atoms with Gasteiger partial charge in [0.15, 0.2) is 6.23 Å². The zero-order chi connectivity index (χ0) is 12.1. The van der Waals surface area contributed by atoms with Crippen LogP contribution in [-0.2, 0) is 4.79 Å². The molecule has 0 spiro atoms. The number of ether oxygens (including phenoxy) is 1. The van der Waals surface area contributed by atoms with Gasteiger partial charge in [0.1, 0.15) is 5.75 Å². The van der Waals surface area contributed by atoms with Crippen LogP contribution in [-0.4, -0.2) is 12.1 Å². The number of hydrogen-bond donors (Lipinski definition) is 1. The summed E-state index contributed by atoms with van der Waals surface area (Å²) >= 11 is 0. The van der Waals surface area contributed by atoms with Crippen LogP contribution in [0.25, 0.3) is 0 Å². The van der Waals surface area contributed by atoms with Gasteiger partial charge in [0, 0.05) is 5.56 Å². The Morgan fingerprint density at radius 3 is 2.72 bits per heavy atom. The molecule has 0 bridgehead atoms. The largest absolute Gasteiger partial charge is 0.470 e. The zero-order valence-corrected chi connectivity index (χ0v) is 10.3. The van der Waals surface area contributed by atoms with Gasteiger partial charge in [-0.3, -0.25) is 4.79 Å². The number of rotatable bonds is 1. The molecule has 3 atom stereocenters. The SMILES string of the molecule is O=C1NC2Oc3ccccc3C2C1C1CCCC1. The van der Waals surface area contributed by atoms with E-state index in [0.29, 0.717) is 5.92 Å². The predicted octanol–water partition coefficient (Wildman–Crippen LogP) is 2.42. The number of hydrogen-bond acceptors (Lipinski definition) is 2. The van der Waals surface area contributed by atoms with Crippen LogP contribution in [0.3, 0.4) is 0 Å². The normalized spacial score (nSPS) is 34.0. The first-order valence-corrected chi connectivity index (χ1v) is 6.90. The van der Waals surface area contributed by atoms with Gasteiger partial charge in [-0.05, 0) is 24.8 Å². The average molecular weight is 243 g/mol. The quantitative estimate of drug-likeness (QED) is 0.822. The lowest BCUT2D eigenvalue weighted by Gasteiger charge is -2.20. The minimum atomic E-state index is -0.125. The molecule has 2 aliphatic heterocycles. The highest BCUT2D eigenvalue weighted by Crippen LogP contribution is 2.50. The molecule has 2 fully saturated rings. The van der Waals surface area contributed by atoms with Crippen molar-refractivity contribution in [2.75, 3.05) is 0 Å². The number of carbonyl (C=O) groups is 1. The molecule has 3 aliphatic rings. The molecule has 0 radical (unpaired) electrons. The summed E-state index contributed by atoms with van der Waals surface area (Å²) in [7, 11) is 0. The van der Waals surface area contributed by atoms with Crippen molar-refractivity contribution in [2.45, 2.75) is 37.8 Å². The molecule has 1 saturated carbocycles. The van der Waals surface area contributed by atoms with Gasteiger partial charge in [0.05, 0.1) is 11.8 Å². The maximum atomic E-state index is 12.2. The Bertz CT molecular complexity index is 493. The van der Waals surface area contributed by atoms with Crippen LogP contribution in [0.2, 0.25) is 0 Å². The number of para-hydroxylation sites is 1. The first-order chi connectivity index (χ1) is 8.84. The minimum absolute atomic E-state index is 0.125. The molecule has 3 nitrogen and oxygen atoms in total. The van der Waals surface area contributed by atoms with Crippen LogP contribution in [0, 0.1) is 11.8 Å². The van der Waals surface area contributed by atoms with Gasteiger partial charge in [-0.15, -0.1) is 0 Å². The van der Waals surface area contributed by atoms with E-state index in [1.54, 1.807) is 0 Å². The number of benzene rings is 1. The monoisotopic (exact) mass is 243 g/mol. The highest BCUT2D eigenvalue weighted by molar-refractivity contribution is 5.84. The molecule has 1 N–H and O–H groups in total. The molecule has 4 rings (SSSR count). The van der Waals surface area contributed by atoms with E-state index in [9.17, 15) is 4.79 Å². The van der Waals surface area contributed by atoms with Gasteiger partial charge in [0.25, 0.3) is 0 Å². The molecule has 1 amide bonds. The molecule has 3 unspecified atom stereocenters.